The van der Waals surface area contributed by atoms with Crippen LogP contribution in [0.1, 0.15) is 24.4 Å². The van der Waals surface area contributed by atoms with E-state index in [1.54, 1.807) is 17.1 Å². The van der Waals surface area contributed by atoms with Crippen LogP contribution in [0.3, 0.4) is 0 Å². The minimum Gasteiger partial charge on any atom is -0.467 e. The van der Waals surface area contributed by atoms with Gasteiger partial charge in [-0.2, -0.15) is 0 Å². The second kappa shape index (κ2) is 3.63. The minimum atomic E-state index is -0.0695. The van der Waals surface area contributed by atoms with E-state index in [1.165, 1.54) is 0 Å². The Kier molecular flexibility index (Phi) is 2.32. The molecule has 2 heterocycles. The monoisotopic (exact) mass is 192 g/mol. The fourth-order valence-electron chi connectivity index (χ4n) is 1.29. The molecule has 14 heavy (non-hydrogen) atoms. The molecule has 0 aliphatic heterocycles. The van der Waals surface area contributed by atoms with E-state index in [0.717, 1.165) is 11.5 Å². The third kappa shape index (κ3) is 1.67. The highest BCUT2D eigenvalue weighted by atomic mass is 16.3. The Labute approximate surface area is 81.5 Å². The summed E-state index contributed by atoms with van der Waals surface area (Å²) in [4.78, 5) is 0. The highest BCUT2D eigenvalue weighted by Crippen LogP contribution is 2.09. The molecule has 0 fully saturated rings. The Morgan fingerprint density at radius 3 is 3.14 bits per heavy atom. The van der Waals surface area contributed by atoms with Gasteiger partial charge in [0, 0.05) is 6.04 Å². The van der Waals surface area contributed by atoms with Crippen molar-refractivity contribution >= 4 is 0 Å². The summed E-state index contributed by atoms with van der Waals surface area (Å²) >= 11 is 0. The van der Waals surface area contributed by atoms with Crippen LogP contribution in [-0.4, -0.2) is 15.0 Å². The quantitative estimate of drug-likeness (QED) is 0.785. The molecule has 0 aliphatic rings. The second-order valence-electron chi connectivity index (χ2n) is 3.18. The Morgan fingerprint density at radius 1 is 1.64 bits per heavy atom. The summed E-state index contributed by atoms with van der Waals surface area (Å²) in [6, 6.07) is 3.67. The number of nitrogens with two attached hydrogens (primary N) is 1. The minimum absolute atomic E-state index is 0.0695. The molecule has 2 N–H and O–H groups in total. The third-order valence-corrected chi connectivity index (χ3v) is 2.00. The summed E-state index contributed by atoms with van der Waals surface area (Å²) in [6.07, 6.45) is 3.31. The lowest BCUT2D eigenvalue weighted by Gasteiger charge is -2.06. The fraction of sp³-hybridized carbons (Fsp3) is 0.333. The van der Waals surface area contributed by atoms with Gasteiger partial charge in [-0.1, -0.05) is 5.21 Å². The summed E-state index contributed by atoms with van der Waals surface area (Å²) in [7, 11) is 0. The molecule has 2 aromatic heterocycles. The van der Waals surface area contributed by atoms with Gasteiger partial charge in [-0.05, 0) is 19.1 Å². The van der Waals surface area contributed by atoms with Gasteiger partial charge in [-0.15, -0.1) is 5.10 Å². The smallest absolute Gasteiger partial charge is 0.125 e. The molecule has 0 unspecified atom stereocenters. The standard InChI is InChI=1S/C9H12N4O/c1-7(10)9-5-11-12-13(9)6-8-3-2-4-14-8/h2-5,7H,6,10H2,1H3/t7-/m1/s1. The summed E-state index contributed by atoms with van der Waals surface area (Å²) < 4.78 is 6.95. The molecule has 2 aromatic rings. The molecular weight excluding hydrogens is 180 g/mol. The molecule has 0 saturated heterocycles. The summed E-state index contributed by atoms with van der Waals surface area (Å²) in [6.45, 7) is 2.47. The molecule has 0 aromatic carbocycles. The number of furan rings is 1. The second-order valence-corrected chi connectivity index (χ2v) is 3.18. The first-order valence-electron chi connectivity index (χ1n) is 4.43. The largest absolute Gasteiger partial charge is 0.467 e. The molecule has 0 aliphatic carbocycles. The molecule has 2 rings (SSSR count). The van der Waals surface area contributed by atoms with E-state index in [9.17, 15) is 0 Å². The maximum Gasteiger partial charge on any atom is 0.125 e. The third-order valence-electron chi connectivity index (χ3n) is 2.00. The molecule has 74 valence electrons. The Hall–Kier alpha value is -1.62. The Bertz CT molecular complexity index is 391. The molecule has 0 bridgehead atoms. The van der Waals surface area contributed by atoms with Crippen molar-refractivity contribution in [1.29, 1.82) is 0 Å². The Balaban J connectivity index is 2.21. The Morgan fingerprint density at radius 2 is 2.50 bits per heavy atom. The lowest BCUT2D eigenvalue weighted by atomic mass is 10.3. The van der Waals surface area contributed by atoms with Gasteiger partial charge in [0.25, 0.3) is 0 Å². The lowest BCUT2D eigenvalue weighted by Crippen LogP contribution is -2.13. The van der Waals surface area contributed by atoms with Gasteiger partial charge in [0.05, 0.1) is 18.2 Å². The van der Waals surface area contributed by atoms with Gasteiger partial charge in [-0.25, -0.2) is 4.68 Å². The van der Waals surface area contributed by atoms with Crippen LogP contribution in [-0.2, 0) is 6.54 Å². The van der Waals surface area contributed by atoms with Crippen LogP contribution in [0, 0.1) is 0 Å². The predicted octanol–water partition coefficient (Wildman–Crippen LogP) is 0.939. The number of hydrogen-bond acceptors (Lipinski definition) is 4. The zero-order valence-electron chi connectivity index (χ0n) is 7.92. The van der Waals surface area contributed by atoms with E-state index in [1.807, 2.05) is 19.1 Å². The zero-order valence-corrected chi connectivity index (χ0v) is 7.92. The van der Waals surface area contributed by atoms with Crippen molar-refractivity contribution in [2.24, 2.45) is 5.73 Å². The van der Waals surface area contributed by atoms with Gasteiger partial charge in [-0.3, -0.25) is 0 Å². The van der Waals surface area contributed by atoms with Crippen molar-refractivity contribution in [2.45, 2.75) is 19.5 Å². The highest BCUT2D eigenvalue weighted by Gasteiger charge is 2.09. The van der Waals surface area contributed by atoms with Crippen LogP contribution in [0.2, 0.25) is 0 Å². The van der Waals surface area contributed by atoms with Crippen molar-refractivity contribution in [2.75, 3.05) is 0 Å². The normalized spacial score (nSPS) is 13.0. The topological polar surface area (TPSA) is 69.9 Å². The molecule has 0 radical (unpaired) electrons. The zero-order chi connectivity index (χ0) is 9.97. The van der Waals surface area contributed by atoms with E-state index >= 15 is 0 Å². The van der Waals surface area contributed by atoms with E-state index in [2.05, 4.69) is 10.3 Å². The van der Waals surface area contributed by atoms with Crippen LogP contribution in [0.25, 0.3) is 0 Å². The highest BCUT2D eigenvalue weighted by molar-refractivity contribution is 5.04. The average Bonchev–Trinajstić information content (AvgIpc) is 2.75. The average molecular weight is 192 g/mol. The molecule has 5 nitrogen and oxygen atoms in total. The summed E-state index contributed by atoms with van der Waals surface area (Å²) in [5.74, 6) is 0.845. The first kappa shape index (κ1) is 8.96. The van der Waals surface area contributed by atoms with Crippen molar-refractivity contribution in [1.82, 2.24) is 15.0 Å². The number of rotatable bonds is 3. The van der Waals surface area contributed by atoms with Crippen molar-refractivity contribution in [3.05, 3.63) is 36.0 Å². The van der Waals surface area contributed by atoms with Gasteiger partial charge >= 0.3 is 0 Å². The molecule has 0 spiro atoms. The lowest BCUT2D eigenvalue weighted by molar-refractivity contribution is 0.464. The van der Waals surface area contributed by atoms with Gasteiger partial charge in [0.1, 0.15) is 12.3 Å². The number of nitrogens with zero attached hydrogens (tertiary/aromatic N) is 3. The molecular formula is C9H12N4O. The first-order chi connectivity index (χ1) is 6.77. The van der Waals surface area contributed by atoms with E-state index in [-0.39, 0.29) is 6.04 Å². The maximum atomic E-state index is 5.76. The fourth-order valence-corrected chi connectivity index (χ4v) is 1.29. The molecule has 0 amide bonds. The van der Waals surface area contributed by atoms with Crippen molar-refractivity contribution in [3.8, 4) is 0 Å². The van der Waals surface area contributed by atoms with E-state index < -0.39 is 0 Å². The molecule has 5 heteroatoms. The van der Waals surface area contributed by atoms with Crippen molar-refractivity contribution in [3.63, 3.8) is 0 Å². The summed E-state index contributed by atoms with van der Waals surface area (Å²) in [5.41, 5.74) is 6.66. The van der Waals surface area contributed by atoms with E-state index in [4.69, 9.17) is 10.2 Å². The van der Waals surface area contributed by atoms with E-state index in [0.29, 0.717) is 6.54 Å². The van der Waals surface area contributed by atoms with Gasteiger partial charge in [0.2, 0.25) is 0 Å². The van der Waals surface area contributed by atoms with Crippen LogP contribution >= 0.6 is 0 Å². The molecule has 0 saturated carbocycles. The summed E-state index contributed by atoms with van der Waals surface area (Å²) in [5, 5.41) is 7.75. The van der Waals surface area contributed by atoms with Crippen molar-refractivity contribution < 1.29 is 4.42 Å². The maximum absolute atomic E-state index is 5.76. The van der Waals surface area contributed by atoms with Crippen LogP contribution in [0.15, 0.2) is 29.0 Å². The molecule has 1 atom stereocenters. The SMILES string of the molecule is C[C@@H](N)c1cnnn1Cc1ccco1. The van der Waals surface area contributed by atoms with Crippen LogP contribution in [0.4, 0.5) is 0 Å². The number of aromatic nitrogens is 3. The van der Waals surface area contributed by atoms with Gasteiger partial charge < -0.3 is 10.2 Å². The predicted molar refractivity (Wildman–Crippen MR) is 50.4 cm³/mol. The van der Waals surface area contributed by atoms with Crippen LogP contribution < -0.4 is 5.73 Å². The number of hydrogen-bond donors (Lipinski definition) is 1. The first-order valence-corrected chi connectivity index (χ1v) is 4.43. The van der Waals surface area contributed by atoms with Gasteiger partial charge in [0.15, 0.2) is 0 Å². The van der Waals surface area contributed by atoms with Crippen LogP contribution in [0.5, 0.6) is 0 Å².